The fourth-order valence-electron chi connectivity index (χ4n) is 4.51. The van der Waals surface area contributed by atoms with Gasteiger partial charge in [0.15, 0.2) is 5.82 Å². The van der Waals surface area contributed by atoms with Crippen LogP contribution in [0.1, 0.15) is 49.1 Å². The highest BCUT2D eigenvalue weighted by Gasteiger charge is 2.20. The van der Waals surface area contributed by atoms with Crippen molar-refractivity contribution in [2.24, 2.45) is 0 Å². The van der Waals surface area contributed by atoms with Gasteiger partial charge in [-0.1, -0.05) is 24.6 Å². The Morgan fingerprint density at radius 3 is 2.57 bits per heavy atom. The van der Waals surface area contributed by atoms with Gasteiger partial charge in [0.1, 0.15) is 5.82 Å². The molecule has 0 fully saturated rings. The van der Waals surface area contributed by atoms with Gasteiger partial charge in [0.05, 0.1) is 4.90 Å². The maximum absolute atomic E-state index is 13.0. The molecule has 0 bridgehead atoms. The molecule has 1 aliphatic carbocycles. The summed E-state index contributed by atoms with van der Waals surface area (Å²) >= 11 is 0. The number of benzene rings is 2. The summed E-state index contributed by atoms with van der Waals surface area (Å²) in [5.74, 6) is 1.82. The van der Waals surface area contributed by atoms with Crippen LogP contribution in [0, 0.1) is 0 Å². The summed E-state index contributed by atoms with van der Waals surface area (Å²) < 4.78 is 31.0. The second kappa shape index (κ2) is 7.87. The van der Waals surface area contributed by atoms with Gasteiger partial charge >= 0.3 is 0 Å². The Morgan fingerprint density at radius 2 is 1.67 bits per heavy atom. The molecule has 7 heteroatoms. The first-order valence-corrected chi connectivity index (χ1v) is 12.3. The molecule has 0 saturated carbocycles. The summed E-state index contributed by atoms with van der Waals surface area (Å²) in [6.45, 7) is 0.906. The summed E-state index contributed by atoms with van der Waals surface area (Å²) in [5.41, 5.74) is 3.84. The molecule has 5 rings (SSSR count). The van der Waals surface area contributed by atoms with Crippen LogP contribution in [-0.4, -0.2) is 23.2 Å². The van der Waals surface area contributed by atoms with E-state index in [-0.39, 0.29) is 0 Å². The highest BCUT2D eigenvalue weighted by molar-refractivity contribution is 7.92. The topological polar surface area (TPSA) is 76.9 Å². The predicted molar refractivity (Wildman–Crippen MR) is 117 cm³/mol. The van der Waals surface area contributed by atoms with E-state index >= 15 is 0 Å². The minimum absolute atomic E-state index is 0.324. The summed E-state index contributed by atoms with van der Waals surface area (Å²) in [6.07, 6.45) is 8.67. The van der Waals surface area contributed by atoms with E-state index in [1.54, 1.807) is 12.1 Å². The molecular formula is C23H26N4O2S. The van der Waals surface area contributed by atoms with Crippen LogP contribution in [0.3, 0.4) is 0 Å². The van der Waals surface area contributed by atoms with Gasteiger partial charge < -0.3 is 4.57 Å². The van der Waals surface area contributed by atoms with Gasteiger partial charge in [-0.05, 0) is 73.9 Å². The largest absolute Gasteiger partial charge is 0.311 e. The highest BCUT2D eigenvalue weighted by atomic mass is 32.2. The molecule has 3 aromatic rings. The first kappa shape index (κ1) is 19.3. The van der Waals surface area contributed by atoms with Gasteiger partial charge in [0, 0.05) is 24.2 Å². The minimum atomic E-state index is -3.65. The summed E-state index contributed by atoms with van der Waals surface area (Å²) in [6, 6.07) is 13.0. The Morgan fingerprint density at radius 1 is 0.833 bits per heavy atom. The second-order valence-electron chi connectivity index (χ2n) is 8.23. The second-order valence-corrected chi connectivity index (χ2v) is 9.91. The van der Waals surface area contributed by atoms with Gasteiger partial charge in [-0.3, -0.25) is 4.72 Å². The Kier molecular flexibility index (Phi) is 5.06. The number of aromatic nitrogens is 3. The lowest BCUT2D eigenvalue weighted by atomic mass is 9.92. The molecule has 1 aliphatic heterocycles. The van der Waals surface area contributed by atoms with Crippen molar-refractivity contribution in [3.63, 3.8) is 0 Å². The van der Waals surface area contributed by atoms with Gasteiger partial charge in [-0.15, -0.1) is 10.2 Å². The van der Waals surface area contributed by atoms with Crippen LogP contribution in [0.25, 0.3) is 11.4 Å². The number of nitrogens with zero attached hydrogens (tertiary/aromatic N) is 3. The monoisotopic (exact) mass is 422 g/mol. The zero-order valence-electron chi connectivity index (χ0n) is 17.0. The van der Waals surface area contributed by atoms with Gasteiger partial charge in [-0.25, -0.2) is 8.42 Å². The zero-order chi connectivity index (χ0) is 20.6. The Bertz CT molecular complexity index is 1180. The molecule has 0 spiro atoms. The first-order valence-electron chi connectivity index (χ1n) is 10.8. The SMILES string of the molecule is O=S(=O)(Nc1cccc(-c2nnc3n2CCCCC3)c1)c1ccc2c(c1)CCCC2. The van der Waals surface area contributed by atoms with E-state index in [0.29, 0.717) is 10.6 Å². The average molecular weight is 423 g/mol. The normalized spacial score (nSPS) is 16.4. The molecule has 0 atom stereocenters. The molecule has 156 valence electrons. The van der Waals surface area contributed by atoms with Crippen LogP contribution in [0.2, 0.25) is 0 Å². The van der Waals surface area contributed by atoms with Crippen molar-refractivity contribution in [3.8, 4) is 11.4 Å². The lowest BCUT2D eigenvalue weighted by Gasteiger charge is -2.17. The summed E-state index contributed by atoms with van der Waals surface area (Å²) in [4.78, 5) is 0.324. The number of nitrogens with one attached hydrogen (secondary N) is 1. The molecular weight excluding hydrogens is 396 g/mol. The third-order valence-corrected chi connectivity index (χ3v) is 7.49. The van der Waals surface area contributed by atoms with Crippen LogP contribution in [-0.2, 0) is 35.8 Å². The fourth-order valence-corrected chi connectivity index (χ4v) is 5.61. The van der Waals surface area contributed by atoms with Crippen molar-refractivity contribution < 1.29 is 8.42 Å². The number of hydrogen-bond donors (Lipinski definition) is 1. The number of hydrogen-bond acceptors (Lipinski definition) is 4. The molecule has 0 saturated heterocycles. The van der Waals surface area contributed by atoms with Crippen molar-refractivity contribution in [3.05, 3.63) is 59.4 Å². The Hall–Kier alpha value is -2.67. The molecule has 30 heavy (non-hydrogen) atoms. The van der Waals surface area contributed by atoms with Crippen LogP contribution in [0.5, 0.6) is 0 Å². The molecule has 0 radical (unpaired) electrons. The maximum Gasteiger partial charge on any atom is 0.261 e. The third kappa shape index (κ3) is 3.74. The maximum atomic E-state index is 13.0. The number of anilines is 1. The van der Waals surface area contributed by atoms with E-state index in [4.69, 9.17) is 0 Å². The Labute approximate surface area is 177 Å². The quantitative estimate of drug-likeness (QED) is 0.678. The van der Waals surface area contributed by atoms with Crippen LogP contribution in [0.4, 0.5) is 5.69 Å². The molecule has 6 nitrogen and oxygen atoms in total. The van der Waals surface area contributed by atoms with E-state index in [1.165, 1.54) is 18.4 Å². The van der Waals surface area contributed by atoms with E-state index in [2.05, 4.69) is 19.5 Å². The summed E-state index contributed by atoms with van der Waals surface area (Å²) in [7, 11) is -3.65. The predicted octanol–water partition coefficient (Wildman–Crippen LogP) is 4.35. The lowest BCUT2D eigenvalue weighted by Crippen LogP contribution is -2.14. The van der Waals surface area contributed by atoms with E-state index < -0.39 is 10.0 Å². The minimum Gasteiger partial charge on any atom is -0.311 e. The number of fused-ring (bicyclic) bond motifs is 2. The number of rotatable bonds is 4. The average Bonchev–Trinajstić information content (AvgIpc) is 3.01. The molecule has 1 aromatic heterocycles. The molecule has 0 unspecified atom stereocenters. The zero-order valence-corrected chi connectivity index (χ0v) is 17.8. The van der Waals surface area contributed by atoms with Gasteiger partial charge in [0.25, 0.3) is 10.0 Å². The lowest BCUT2D eigenvalue weighted by molar-refractivity contribution is 0.600. The standard InChI is InChI=1S/C23H26N4O2S/c28-30(29,21-13-12-17-7-3-4-8-18(17)16-21)26-20-10-6-9-19(15-20)23-25-24-22-11-2-1-5-14-27(22)23/h6,9-10,12-13,15-16,26H,1-5,7-8,11,14H2. The van der Waals surface area contributed by atoms with Gasteiger partial charge in [0.2, 0.25) is 0 Å². The smallest absolute Gasteiger partial charge is 0.261 e. The summed E-state index contributed by atoms with van der Waals surface area (Å²) in [5, 5.41) is 8.75. The number of sulfonamides is 1. The molecule has 2 heterocycles. The van der Waals surface area contributed by atoms with Crippen molar-refractivity contribution >= 4 is 15.7 Å². The van der Waals surface area contributed by atoms with E-state index in [1.807, 2.05) is 30.3 Å². The van der Waals surface area contributed by atoms with Crippen molar-refractivity contribution in [2.75, 3.05) is 4.72 Å². The van der Waals surface area contributed by atoms with Crippen LogP contribution < -0.4 is 4.72 Å². The number of aryl methyl sites for hydroxylation is 3. The Balaban J connectivity index is 1.43. The van der Waals surface area contributed by atoms with Crippen molar-refractivity contribution in [1.82, 2.24) is 14.8 Å². The molecule has 2 aromatic carbocycles. The first-order chi connectivity index (χ1) is 14.6. The van der Waals surface area contributed by atoms with E-state index in [0.717, 1.165) is 67.8 Å². The van der Waals surface area contributed by atoms with Crippen molar-refractivity contribution in [1.29, 1.82) is 0 Å². The molecule has 2 aliphatic rings. The fraction of sp³-hybridized carbons (Fsp3) is 0.391. The van der Waals surface area contributed by atoms with E-state index in [9.17, 15) is 8.42 Å². The van der Waals surface area contributed by atoms with Gasteiger partial charge in [-0.2, -0.15) is 0 Å². The molecule has 1 N–H and O–H groups in total. The van der Waals surface area contributed by atoms with Crippen LogP contribution in [0.15, 0.2) is 47.4 Å². The highest BCUT2D eigenvalue weighted by Crippen LogP contribution is 2.28. The van der Waals surface area contributed by atoms with Crippen LogP contribution >= 0.6 is 0 Å². The molecule has 0 amide bonds. The van der Waals surface area contributed by atoms with Crippen molar-refractivity contribution in [2.45, 2.75) is 62.8 Å². The third-order valence-electron chi connectivity index (χ3n) is 6.11.